The summed E-state index contributed by atoms with van der Waals surface area (Å²) in [5.74, 6) is 2.53. The van der Waals surface area contributed by atoms with Crippen molar-refractivity contribution in [1.29, 1.82) is 0 Å². The SMILES string of the molecule is CC1CC2CCC1CC2.Cn1ncc2c(N)nc(-c3c[nH]c4c(F)cc(F)cc34)nc21. The maximum Gasteiger partial charge on any atom is 0.166 e. The van der Waals surface area contributed by atoms with Gasteiger partial charge in [0.05, 0.1) is 17.1 Å². The van der Waals surface area contributed by atoms with E-state index in [2.05, 4.69) is 27.0 Å². The van der Waals surface area contributed by atoms with Gasteiger partial charge in [-0.2, -0.15) is 5.10 Å². The van der Waals surface area contributed by atoms with Gasteiger partial charge in [-0.05, 0) is 43.1 Å². The fourth-order valence-electron chi connectivity index (χ4n) is 5.22. The highest BCUT2D eigenvalue weighted by Crippen LogP contribution is 2.44. The van der Waals surface area contributed by atoms with E-state index in [1.54, 1.807) is 50.0 Å². The maximum atomic E-state index is 13.8. The van der Waals surface area contributed by atoms with Crippen LogP contribution in [0.15, 0.2) is 24.5 Å². The molecule has 1 aromatic carbocycles. The summed E-state index contributed by atoms with van der Waals surface area (Å²) >= 11 is 0. The molecule has 3 saturated carbocycles. The lowest BCUT2D eigenvalue weighted by Gasteiger charge is -2.40. The molecular weight excluding hydrogens is 398 g/mol. The van der Waals surface area contributed by atoms with Crippen LogP contribution in [0.2, 0.25) is 0 Å². The smallest absolute Gasteiger partial charge is 0.166 e. The normalized spacial score (nSPS) is 22.6. The minimum absolute atomic E-state index is 0.198. The first-order valence-electron chi connectivity index (χ1n) is 10.8. The number of aryl methyl sites for hydroxylation is 1. The Balaban J connectivity index is 0.000000189. The predicted molar refractivity (Wildman–Crippen MR) is 117 cm³/mol. The summed E-state index contributed by atoms with van der Waals surface area (Å²) in [5, 5.41) is 5.06. The third-order valence-electron chi connectivity index (χ3n) is 6.97. The predicted octanol–water partition coefficient (Wildman–Crippen LogP) is 5.20. The van der Waals surface area contributed by atoms with Gasteiger partial charge in [0, 0.05) is 30.3 Å². The number of anilines is 1. The van der Waals surface area contributed by atoms with Crippen molar-refractivity contribution >= 4 is 27.8 Å². The van der Waals surface area contributed by atoms with Crippen LogP contribution in [-0.4, -0.2) is 24.7 Å². The number of hydrogen-bond acceptors (Lipinski definition) is 4. The van der Waals surface area contributed by atoms with Gasteiger partial charge in [0.15, 0.2) is 11.5 Å². The molecule has 3 aromatic heterocycles. The molecule has 7 rings (SSSR count). The molecule has 0 spiro atoms. The Morgan fingerprint density at radius 2 is 1.87 bits per heavy atom. The number of hydrogen-bond donors (Lipinski definition) is 2. The molecule has 0 radical (unpaired) electrons. The number of benzene rings is 1. The number of H-pyrrole nitrogens is 1. The molecule has 3 fully saturated rings. The molecule has 2 bridgehead atoms. The molecule has 6 nitrogen and oxygen atoms in total. The van der Waals surface area contributed by atoms with Crippen molar-refractivity contribution < 1.29 is 8.78 Å². The molecule has 4 aromatic rings. The molecule has 1 atom stereocenters. The van der Waals surface area contributed by atoms with E-state index in [4.69, 9.17) is 5.73 Å². The summed E-state index contributed by atoms with van der Waals surface area (Å²) in [6.45, 7) is 2.44. The molecule has 1 unspecified atom stereocenters. The van der Waals surface area contributed by atoms with E-state index in [0.29, 0.717) is 22.0 Å². The van der Waals surface area contributed by atoms with Crippen LogP contribution < -0.4 is 5.73 Å². The number of nitrogens with one attached hydrogen (secondary N) is 1. The van der Waals surface area contributed by atoms with E-state index in [0.717, 1.165) is 23.8 Å². The van der Waals surface area contributed by atoms with Gasteiger partial charge in [0.25, 0.3) is 0 Å². The van der Waals surface area contributed by atoms with Crippen LogP contribution >= 0.6 is 0 Å². The largest absolute Gasteiger partial charge is 0.383 e. The first kappa shape index (κ1) is 19.9. The van der Waals surface area contributed by atoms with Crippen LogP contribution in [-0.2, 0) is 7.05 Å². The fourth-order valence-corrected chi connectivity index (χ4v) is 5.22. The summed E-state index contributed by atoms with van der Waals surface area (Å²) in [7, 11) is 1.73. The second-order valence-electron chi connectivity index (χ2n) is 8.94. The van der Waals surface area contributed by atoms with Crippen LogP contribution in [0.1, 0.15) is 39.0 Å². The average Bonchev–Trinajstić information content (AvgIpc) is 3.33. The van der Waals surface area contributed by atoms with Crippen LogP contribution in [0.25, 0.3) is 33.3 Å². The molecule has 162 valence electrons. The summed E-state index contributed by atoms with van der Waals surface area (Å²) < 4.78 is 28.8. The zero-order chi connectivity index (χ0) is 21.7. The molecule has 3 N–H and O–H groups in total. The Hall–Kier alpha value is -3.03. The van der Waals surface area contributed by atoms with Crippen molar-refractivity contribution in [2.45, 2.75) is 39.0 Å². The summed E-state index contributed by atoms with van der Waals surface area (Å²) in [6.07, 6.45) is 10.8. The lowest BCUT2D eigenvalue weighted by atomic mass is 9.65. The zero-order valence-corrected chi connectivity index (χ0v) is 17.7. The minimum atomic E-state index is -0.671. The van der Waals surface area contributed by atoms with Crippen molar-refractivity contribution in [2.24, 2.45) is 24.8 Å². The minimum Gasteiger partial charge on any atom is -0.383 e. The highest BCUT2D eigenvalue weighted by atomic mass is 19.1. The van der Waals surface area contributed by atoms with Crippen LogP contribution in [0.5, 0.6) is 0 Å². The fraction of sp³-hybridized carbons (Fsp3) is 0.435. The van der Waals surface area contributed by atoms with E-state index >= 15 is 0 Å². The van der Waals surface area contributed by atoms with Gasteiger partial charge >= 0.3 is 0 Å². The van der Waals surface area contributed by atoms with Crippen LogP contribution in [0.3, 0.4) is 0 Å². The van der Waals surface area contributed by atoms with Crippen molar-refractivity contribution in [3.63, 3.8) is 0 Å². The third kappa shape index (κ3) is 3.54. The zero-order valence-electron chi connectivity index (χ0n) is 17.7. The summed E-state index contributed by atoms with van der Waals surface area (Å²) in [4.78, 5) is 11.4. The molecule has 8 heteroatoms. The van der Waals surface area contributed by atoms with Gasteiger partial charge in [-0.1, -0.05) is 19.8 Å². The molecule has 3 aliphatic carbocycles. The summed E-state index contributed by atoms with van der Waals surface area (Å²) in [6, 6.07) is 2.05. The lowest BCUT2D eigenvalue weighted by Crippen LogP contribution is -2.29. The number of nitrogen functional groups attached to an aromatic ring is 1. The molecule has 3 aliphatic rings. The quantitative estimate of drug-likeness (QED) is 0.440. The number of aromatic nitrogens is 5. The molecule has 3 heterocycles. The van der Waals surface area contributed by atoms with Crippen LogP contribution in [0.4, 0.5) is 14.6 Å². The second kappa shape index (κ2) is 7.59. The number of nitrogens with zero attached hydrogens (tertiary/aromatic N) is 4. The standard InChI is InChI=1S/C14H10F2N6.C9H16/c1-22-14-9(5-19-22)12(17)20-13(21-14)8-4-18-11-7(8)2-6(15)3-10(11)16;1-7-6-8-2-4-9(7)5-3-8/h2-5,18H,1H3,(H2,17,20,21);7-9H,2-6H2,1H3. The Kier molecular flexibility index (Phi) is 4.87. The van der Waals surface area contributed by atoms with Gasteiger partial charge in [-0.25, -0.2) is 18.7 Å². The molecule has 0 saturated heterocycles. The number of rotatable bonds is 1. The Bertz CT molecular complexity index is 1250. The van der Waals surface area contributed by atoms with Crippen LogP contribution in [0, 0.1) is 29.4 Å². The highest BCUT2D eigenvalue weighted by molar-refractivity contribution is 5.96. The Labute approximate surface area is 178 Å². The van der Waals surface area contributed by atoms with Gasteiger partial charge in [0.1, 0.15) is 17.5 Å². The van der Waals surface area contributed by atoms with E-state index in [1.807, 2.05) is 0 Å². The average molecular weight is 424 g/mol. The van der Waals surface area contributed by atoms with Crippen molar-refractivity contribution in [3.8, 4) is 11.4 Å². The van der Waals surface area contributed by atoms with E-state index in [-0.39, 0.29) is 17.2 Å². The maximum absolute atomic E-state index is 13.8. The second-order valence-corrected chi connectivity index (χ2v) is 8.94. The number of fused-ring (bicyclic) bond motifs is 5. The molecule has 0 aliphatic heterocycles. The monoisotopic (exact) mass is 424 g/mol. The number of aromatic amines is 1. The van der Waals surface area contributed by atoms with Gasteiger partial charge in [-0.3, -0.25) is 4.68 Å². The molecular formula is C23H26F2N6. The number of halogens is 2. The van der Waals surface area contributed by atoms with Crippen molar-refractivity contribution in [3.05, 3.63) is 36.2 Å². The van der Waals surface area contributed by atoms with Gasteiger partial charge in [-0.15, -0.1) is 0 Å². The Morgan fingerprint density at radius 3 is 2.52 bits per heavy atom. The van der Waals surface area contributed by atoms with E-state index in [1.165, 1.54) is 12.3 Å². The summed E-state index contributed by atoms with van der Waals surface area (Å²) in [5.41, 5.74) is 7.14. The topological polar surface area (TPSA) is 85.4 Å². The van der Waals surface area contributed by atoms with Crippen molar-refractivity contribution in [2.75, 3.05) is 5.73 Å². The van der Waals surface area contributed by atoms with Gasteiger partial charge in [0.2, 0.25) is 0 Å². The lowest BCUT2D eigenvalue weighted by molar-refractivity contribution is 0.111. The number of nitrogens with two attached hydrogens (primary N) is 1. The molecule has 0 amide bonds. The highest BCUT2D eigenvalue weighted by Gasteiger charge is 2.32. The van der Waals surface area contributed by atoms with Gasteiger partial charge < -0.3 is 10.7 Å². The first-order valence-corrected chi connectivity index (χ1v) is 10.8. The molecule has 31 heavy (non-hydrogen) atoms. The van der Waals surface area contributed by atoms with E-state index < -0.39 is 11.6 Å². The Morgan fingerprint density at radius 1 is 1.10 bits per heavy atom. The van der Waals surface area contributed by atoms with E-state index in [9.17, 15) is 8.78 Å². The van der Waals surface area contributed by atoms with Crippen molar-refractivity contribution in [1.82, 2.24) is 24.7 Å². The third-order valence-corrected chi connectivity index (χ3v) is 6.97. The first-order chi connectivity index (χ1) is 14.9.